The number of carbonyl (C=O) groups is 1. The molecule has 1 N–H and O–H groups in total. The molecule has 0 atom stereocenters. The third kappa shape index (κ3) is 5.49. The van der Waals surface area contributed by atoms with Gasteiger partial charge < -0.3 is 10.1 Å². The molecule has 3 nitrogen and oxygen atoms in total. The number of amides is 1. The van der Waals surface area contributed by atoms with Gasteiger partial charge in [0.2, 0.25) is 0 Å². The molecule has 0 unspecified atom stereocenters. The normalized spacial score (nSPS) is 10.5. The summed E-state index contributed by atoms with van der Waals surface area (Å²) in [5, 5.41) is 2.76. The summed E-state index contributed by atoms with van der Waals surface area (Å²) in [5.74, 6) is 0.482. The molecule has 1 aromatic carbocycles. The lowest BCUT2D eigenvalue weighted by Gasteiger charge is -2.09. The first-order chi connectivity index (χ1) is 8.49. The van der Waals surface area contributed by atoms with Gasteiger partial charge in [-0.1, -0.05) is 13.8 Å². The van der Waals surface area contributed by atoms with Gasteiger partial charge in [0.15, 0.2) is 6.61 Å². The van der Waals surface area contributed by atoms with Gasteiger partial charge in [0.25, 0.3) is 5.91 Å². The van der Waals surface area contributed by atoms with Crippen molar-refractivity contribution in [1.29, 1.82) is 0 Å². The molecule has 0 bridgehead atoms. The van der Waals surface area contributed by atoms with Crippen LogP contribution in [-0.2, 0) is 4.79 Å². The second kappa shape index (κ2) is 7.36. The van der Waals surface area contributed by atoms with Crippen LogP contribution >= 0.6 is 15.9 Å². The second-order valence-corrected chi connectivity index (χ2v) is 5.25. The molecule has 0 aliphatic carbocycles. The van der Waals surface area contributed by atoms with Crippen LogP contribution in [0.1, 0.15) is 20.3 Å². The Labute approximate surface area is 115 Å². The number of hydrogen-bond donors (Lipinski definition) is 1. The van der Waals surface area contributed by atoms with Crippen LogP contribution in [0, 0.1) is 11.7 Å². The third-order valence-corrected chi connectivity index (χ3v) is 2.92. The molecule has 0 aliphatic rings. The predicted molar refractivity (Wildman–Crippen MR) is 72.1 cm³/mol. The maximum atomic E-state index is 12.8. The van der Waals surface area contributed by atoms with Crippen molar-refractivity contribution in [3.05, 3.63) is 28.5 Å². The Morgan fingerprint density at radius 3 is 2.83 bits per heavy atom. The van der Waals surface area contributed by atoms with Gasteiger partial charge in [-0.15, -0.1) is 0 Å². The van der Waals surface area contributed by atoms with Crippen LogP contribution in [-0.4, -0.2) is 19.1 Å². The van der Waals surface area contributed by atoms with Gasteiger partial charge in [-0.05, 0) is 46.5 Å². The summed E-state index contributed by atoms with van der Waals surface area (Å²) in [6, 6.07) is 4.07. The van der Waals surface area contributed by atoms with Gasteiger partial charge >= 0.3 is 0 Å². The van der Waals surface area contributed by atoms with Crippen molar-refractivity contribution < 1.29 is 13.9 Å². The van der Waals surface area contributed by atoms with E-state index in [2.05, 4.69) is 35.1 Å². The molecule has 5 heteroatoms. The Morgan fingerprint density at radius 2 is 2.22 bits per heavy atom. The summed E-state index contributed by atoms with van der Waals surface area (Å²) >= 11 is 3.17. The Morgan fingerprint density at radius 1 is 1.50 bits per heavy atom. The number of halogens is 2. The minimum Gasteiger partial charge on any atom is -0.483 e. The maximum absolute atomic E-state index is 12.8. The van der Waals surface area contributed by atoms with Gasteiger partial charge in [0, 0.05) is 6.54 Å². The molecular weight excluding hydrogens is 301 g/mol. The van der Waals surface area contributed by atoms with Crippen molar-refractivity contribution in [2.45, 2.75) is 20.3 Å². The van der Waals surface area contributed by atoms with Crippen molar-refractivity contribution in [1.82, 2.24) is 5.32 Å². The SMILES string of the molecule is CC(C)CCNC(=O)COc1ccc(F)cc1Br. The minimum atomic E-state index is -0.351. The number of benzene rings is 1. The van der Waals surface area contributed by atoms with E-state index in [1.54, 1.807) is 0 Å². The molecule has 100 valence electrons. The van der Waals surface area contributed by atoms with Crippen LogP contribution in [0.25, 0.3) is 0 Å². The first-order valence-corrected chi connectivity index (χ1v) is 6.63. The van der Waals surface area contributed by atoms with Crippen molar-refractivity contribution in [3.63, 3.8) is 0 Å². The fraction of sp³-hybridized carbons (Fsp3) is 0.462. The molecule has 0 fully saturated rings. The highest BCUT2D eigenvalue weighted by Gasteiger charge is 2.06. The van der Waals surface area contributed by atoms with Gasteiger partial charge in [0.1, 0.15) is 11.6 Å². The zero-order chi connectivity index (χ0) is 13.5. The summed E-state index contributed by atoms with van der Waals surface area (Å²) in [6.45, 7) is 4.77. The number of rotatable bonds is 6. The topological polar surface area (TPSA) is 38.3 Å². The first kappa shape index (κ1) is 15.0. The zero-order valence-corrected chi connectivity index (χ0v) is 12.1. The number of carbonyl (C=O) groups excluding carboxylic acids is 1. The average molecular weight is 318 g/mol. The van der Waals surface area contributed by atoms with Crippen molar-refractivity contribution in [2.75, 3.05) is 13.2 Å². The van der Waals surface area contributed by atoms with E-state index in [0.29, 0.717) is 22.7 Å². The fourth-order valence-electron chi connectivity index (χ4n) is 1.29. The zero-order valence-electron chi connectivity index (χ0n) is 10.5. The molecule has 0 saturated carbocycles. The molecule has 1 rings (SSSR count). The Bertz CT molecular complexity index is 410. The highest BCUT2D eigenvalue weighted by Crippen LogP contribution is 2.25. The maximum Gasteiger partial charge on any atom is 0.257 e. The summed E-state index contributed by atoms with van der Waals surface area (Å²) in [5.41, 5.74) is 0. The molecule has 18 heavy (non-hydrogen) atoms. The summed E-state index contributed by atoms with van der Waals surface area (Å²) in [4.78, 5) is 11.5. The van der Waals surface area contributed by atoms with E-state index in [4.69, 9.17) is 4.74 Å². The molecule has 0 saturated heterocycles. The van der Waals surface area contributed by atoms with Gasteiger partial charge in [-0.3, -0.25) is 4.79 Å². The lowest BCUT2D eigenvalue weighted by Crippen LogP contribution is -2.30. The van der Waals surface area contributed by atoms with Crippen LogP contribution in [0.2, 0.25) is 0 Å². The van der Waals surface area contributed by atoms with E-state index < -0.39 is 0 Å². The largest absolute Gasteiger partial charge is 0.483 e. The highest BCUT2D eigenvalue weighted by molar-refractivity contribution is 9.10. The van der Waals surface area contributed by atoms with Crippen LogP contribution in [0.5, 0.6) is 5.75 Å². The monoisotopic (exact) mass is 317 g/mol. The van der Waals surface area contributed by atoms with Crippen molar-refractivity contribution >= 4 is 21.8 Å². The van der Waals surface area contributed by atoms with Crippen molar-refractivity contribution in [3.8, 4) is 5.75 Å². The molecule has 0 aliphatic heterocycles. The Balaban J connectivity index is 2.33. The molecule has 1 amide bonds. The summed E-state index contributed by atoms with van der Waals surface area (Å²) < 4.78 is 18.6. The van der Waals surface area contributed by atoms with E-state index in [1.165, 1.54) is 18.2 Å². The number of hydrogen-bond acceptors (Lipinski definition) is 2. The van der Waals surface area contributed by atoms with Crippen LogP contribution in [0.15, 0.2) is 22.7 Å². The standard InChI is InChI=1S/C13H17BrFNO2/c1-9(2)5-6-16-13(17)8-18-12-4-3-10(15)7-11(12)14/h3-4,7,9H,5-6,8H2,1-2H3,(H,16,17). The van der Waals surface area contributed by atoms with Gasteiger partial charge in [0.05, 0.1) is 4.47 Å². The minimum absolute atomic E-state index is 0.0671. The third-order valence-electron chi connectivity index (χ3n) is 2.30. The number of nitrogens with one attached hydrogen (secondary N) is 1. The smallest absolute Gasteiger partial charge is 0.257 e. The van der Waals surface area contributed by atoms with E-state index >= 15 is 0 Å². The second-order valence-electron chi connectivity index (χ2n) is 4.40. The van der Waals surface area contributed by atoms with E-state index in [0.717, 1.165) is 6.42 Å². The van der Waals surface area contributed by atoms with Gasteiger partial charge in [-0.25, -0.2) is 4.39 Å². The molecule has 0 aromatic heterocycles. The van der Waals surface area contributed by atoms with Crippen LogP contribution in [0.3, 0.4) is 0 Å². The predicted octanol–water partition coefficient (Wildman–Crippen LogP) is 3.13. The van der Waals surface area contributed by atoms with E-state index in [9.17, 15) is 9.18 Å². The summed E-state index contributed by atoms with van der Waals surface area (Å²) in [6.07, 6.45) is 0.936. The fourth-order valence-corrected chi connectivity index (χ4v) is 1.75. The Hall–Kier alpha value is -1.10. The van der Waals surface area contributed by atoms with Crippen LogP contribution < -0.4 is 10.1 Å². The molecule has 0 radical (unpaired) electrons. The Kier molecular flexibility index (Phi) is 6.12. The first-order valence-electron chi connectivity index (χ1n) is 5.83. The molecule has 0 heterocycles. The van der Waals surface area contributed by atoms with Crippen LogP contribution in [0.4, 0.5) is 4.39 Å². The lowest BCUT2D eigenvalue weighted by molar-refractivity contribution is -0.123. The number of ether oxygens (including phenoxy) is 1. The lowest BCUT2D eigenvalue weighted by atomic mass is 10.1. The van der Waals surface area contributed by atoms with Crippen molar-refractivity contribution in [2.24, 2.45) is 5.92 Å². The van der Waals surface area contributed by atoms with E-state index in [-0.39, 0.29) is 18.3 Å². The van der Waals surface area contributed by atoms with E-state index in [1.807, 2.05) is 0 Å². The molecular formula is C13H17BrFNO2. The highest BCUT2D eigenvalue weighted by atomic mass is 79.9. The van der Waals surface area contributed by atoms with Gasteiger partial charge in [-0.2, -0.15) is 0 Å². The quantitative estimate of drug-likeness (QED) is 0.875. The molecule has 1 aromatic rings. The molecule has 0 spiro atoms. The average Bonchev–Trinajstić information content (AvgIpc) is 2.27. The summed E-state index contributed by atoms with van der Waals surface area (Å²) in [7, 11) is 0.